The Labute approximate surface area is 142 Å². The molecule has 0 aliphatic carbocycles. The zero-order chi connectivity index (χ0) is 17.4. The van der Waals surface area contributed by atoms with Crippen LogP contribution in [0.2, 0.25) is 0 Å². The summed E-state index contributed by atoms with van der Waals surface area (Å²) in [6.07, 6.45) is -0.849. The van der Waals surface area contributed by atoms with Crippen LogP contribution in [-0.2, 0) is 4.74 Å². The van der Waals surface area contributed by atoms with E-state index in [9.17, 15) is 4.79 Å². The van der Waals surface area contributed by atoms with Gasteiger partial charge in [0.05, 0.1) is 13.2 Å². The third-order valence-corrected chi connectivity index (χ3v) is 3.34. The highest BCUT2D eigenvalue weighted by atomic mass is 16.6. The minimum Gasteiger partial charge on any atom is -0.490 e. The molecule has 1 N–H and O–H groups in total. The van der Waals surface area contributed by atoms with E-state index in [0.29, 0.717) is 30.4 Å². The first kappa shape index (κ1) is 17.7. The van der Waals surface area contributed by atoms with Crippen LogP contribution in [0.15, 0.2) is 48.5 Å². The van der Waals surface area contributed by atoms with Crippen molar-refractivity contribution in [2.24, 2.45) is 0 Å². The third-order valence-electron chi connectivity index (χ3n) is 3.34. The van der Waals surface area contributed by atoms with Crippen LogP contribution in [0.5, 0.6) is 11.5 Å². The Kier molecular flexibility index (Phi) is 6.49. The maximum atomic E-state index is 12.1. The van der Waals surface area contributed by atoms with Crippen LogP contribution in [0.1, 0.15) is 32.4 Å². The van der Waals surface area contributed by atoms with Crippen molar-refractivity contribution in [1.29, 1.82) is 0 Å². The molecule has 0 aromatic heterocycles. The molecule has 2 rings (SSSR count). The van der Waals surface area contributed by atoms with Crippen molar-refractivity contribution in [3.63, 3.8) is 0 Å². The predicted octanol–water partition coefficient (Wildman–Crippen LogP) is 4.79. The van der Waals surface area contributed by atoms with Crippen molar-refractivity contribution in [2.75, 3.05) is 18.5 Å². The number of carbonyl (C=O) groups is 1. The van der Waals surface area contributed by atoms with Gasteiger partial charge in [0.2, 0.25) is 0 Å². The van der Waals surface area contributed by atoms with Crippen molar-refractivity contribution in [2.45, 2.75) is 26.9 Å². The first-order valence-electron chi connectivity index (χ1n) is 8.06. The SMILES string of the molecule is CCOc1ccc(NC(=O)OC(C)c2ccccc2)cc1OCC. The molecule has 0 fully saturated rings. The summed E-state index contributed by atoms with van der Waals surface area (Å²) in [7, 11) is 0. The number of benzene rings is 2. The second kappa shape index (κ2) is 8.82. The maximum absolute atomic E-state index is 12.1. The second-order valence-corrected chi connectivity index (χ2v) is 5.11. The van der Waals surface area contributed by atoms with Gasteiger partial charge >= 0.3 is 6.09 Å². The van der Waals surface area contributed by atoms with E-state index >= 15 is 0 Å². The molecule has 0 saturated heterocycles. The molecule has 5 heteroatoms. The van der Waals surface area contributed by atoms with Gasteiger partial charge in [0.25, 0.3) is 0 Å². The highest BCUT2D eigenvalue weighted by Gasteiger charge is 2.13. The second-order valence-electron chi connectivity index (χ2n) is 5.11. The average Bonchev–Trinajstić information content (AvgIpc) is 2.58. The fourth-order valence-electron chi connectivity index (χ4n) is 2.23. The number of carbonyl (C=O) groups excluding carboxylic acids is 1. The summed E-state index contributed by atoms with van der Waals surface area (Å²) in [5, 5.41) is 2.71. The average molecular weight is 329 g/mol. The van der Waals surface area contributed by atoms with E-state index in [2.05, 4.69) is 5.32 Å². The first-order valence-corrected chi connectivity index (χ1v) is 8.06. The minimum atomic E-state index is -0.516. The van der Waals surface area contributed by atoms with Crippen molar-refractivity contribution in [3.8, 4) is 11.5 Å². The molecule has 0 spiro atoms. The number of anilines is 1. The summed E-state index contributed by atoms with van der Waals surface area (Å²) >= 11 is 0. The zero-order valence-electron chi connectivity index (χ0n) is 14.2. The molecule has 1 atom stereocenters. The summed E-state index contributed by atoms with van der Waals surface area (Å²) in [6, 6.07) is 14.8. The minimum absolute atomic E-state index is 0.333. The molecule has 1 amide bonds. The first-order chi connectivity index (χ1) is 11.6. The summed E-state index contributed by atoms with van der Waals surface area (Å²) in [5.41, 5.74) is 1.53. The summed E-state index contributed by atoms with van der Waals surface area (Å²) in [6.45, 7) is 6.69. The lowest BCUT2D eigenvalue weighted by Crippen LogP contribution is -2.16. The van der Waals surface area contributed by atoms with E-state index in [1.807, 2.05) is 51.1 Å². The largest absolute Gasteiger partial charge is 0.490 e. The van der Waals surface area contributed by atoms with Crippen LogP contribution in [-0.4, -0.2) is 19.3 Å². The van der Waals surface area contributed by atoms with Crippen LogP contribution >= 0.6 is 0 Å². The highest BCUT2D eigenvalue weighted by Crippen LogP contribution is 2.30. The number of nitrogens with one attached hydrogen (secondary N) is 1. The molecule has 0 radical (unpaired) electrons. The van der Waals surface area contributed by atoms with E-state index in [0.717, 1.165) is 5.56 Å². The Morgan fingerprint density at radius 1 is 1.00 bits per heavy atom. The molecule has 0 aliphatic rings. The standard InChI is InChI=1S/C19H23NO4/c1-4-22-17-12-11-16(13-18(17)23-5-2)20-19(21)24-14(3)15-9-7-6-8-10-15/h6-14H,4-5H2,1-3H3,(H,20,21). The van der Waals surface area contributed by atoms with Crippen LogP contribution in [0.25, 0.3) is 0 Å². The van der Waals surface area contributed by atoms with E-state index in [1.54, 1.807) is 18.2 Å². The molecule has 2 aromatic rings. The van der Waals surface area contributed by atoms with E-state index < -0.39 is 6.09 Å². The van der Waals surface area contributed by atoms with Gasteiger partial charge in [-0.3, -0.25) is 5.32 Å². The summed E-state index contributed by atoms with van der Waals surface area (Å²) in [5.74, 6) is 1.24. The van der Waals surface area contributed by atoms with Crippen molar-refractivity contribution >= 4 is 11.8 Å². The molecular weight excluding hydrogens is 306 g/mol. The van der Waals surface area contributed by atoms with Gasteiger partial charge in [-0.25, -0.2) is 4.79 Å². The maximum Gasteiger partial charge on any atom is 0.412 e. The molecule has 2 aromatic carbocycles. The quantitative estimate of drug-likeness (QED) is 0.793. The predicted molar refractivity (Wildman–Crippen MR) is 93.7 cm³/mol. The topological polar surface area (TPSA) is 56.8 Å². The van der Waals surface area contributed by atoms with Crippen LogP contribution in [0.3, 0.4) is 0 Å². The molecule has 128 valence electrons. The smallest absolute Gasteiger partial charge is 0.412 e. The normalized spacial score (nSPS) is 11.5. The number of hydrogen-bond acceptors (Lipinski definition) is 4. The van der Waals surface area contributed by atoms with Gasteiger partial charge in [-0.1, -0.05) is 30.3 Å². The van der Waals surface area contributed by atoms with Gasteiger partial charge in [-0.05, 0) is 38.5 Å². The molecule has 0 saturated carbocycles. The lowest BCUT2D eigenvalue weighted by atomic mass is 10.1. The molecule has 0 heterocycles. The zero-order valence-corrected chi connectivity index (χ0v) is 14.2. The Morgan fingerprint density at radius 2 is 1.67 bits per heavy atom. The van der Waals surface area contributed by atoms with Crippen LogP contribution < -0.4 is 14.8 Å². The monoisotopic (exact) mass is 329 g/mol. The van der Waals surface area contributed by atoms with Crippen molar-refractivity contribution < 1.29 is 19.0 Å². The van der Waals surface area contributed by atoms with Gasteiger partial charge in [-0.2, -0.15) is 0 Å². The van der Waals surface area contributed by atoms with E-state index in [4.69, 9.17) is 14.2 Å². The molecule has 1 unspecified atom stereocenters. The van der Waals surface area contributed by atoms with E-state index in [1.165, 1.54) is 0 Å². The van der Waals surface area contributed by atoms with Gasteiger partial charge < -0.3 is 14.2 Å². The summed E-state index contributed by atoms with van der Waals surface area (Å²) in [4.78, 5) is 12.1. The Hall–Kier alpha value is -2.69. The molecule has 0 aliphatic heterocycles. The Morgan fingerprint density at radius 3 is 2.33 bits per heavy atom. The fraction of sp³-hybridized carbons (Fsp3) is 0.316. The van der Waals surface area contributed by atoms with Crippen LogP contribution in [0, 0.1) is 0 Å². The number of hydrogen-bond donors (Lipinski definition) is 1. The molecule has 0 bridgehead atoms. The van der Waals surface area contributed by atoms with Crippen molar-refractivity contribution in [3.05, 3.63) is 54.1 Å². The third kappa shape index (κ3) is 4.91. The highest BCUT2D eigenvalue weighted by molar-refractivity contribution is 5.85. The van der Waals surface area contributed by atoms with Gasteiger partial charge in [0.15, 0.2) is 11.5 Å². The van der Waals surface area contributed by atoms with Gasteiger partial charge in [-0.15, -0.1) is 0 Å². The molecule has 24 heavy (non-hydrogen) atoms. The lowest BCUT2D eigenvalue weighted by molar-refractivity contribution is 0.121. The lowest BCUT2D eigenvalue weighted by Gasteiger charge is -2.15. The number of amides is 1. The number of rotatable bonds is 7. The summed E-state index contributed by atoms with van der Waals surface area (Å²) < 4.78 is 16.4. The molecule has 5 nitrogen and oxygen atoms in total. The van der Waals surface area contributed by atoms with Crippen molar-refractivity contribution in [1.82, 2.24) is 0 Å². The van der Waals surface area contributed by atoms with Crippen LogP contribution in [0.4, 0.5) is 10.5 Å². The Balaban J connectivity index is 2.01. The van der Waals surface area contributed by atoms with Gasteiger partial charge in [0, 0.05) is 11.8 Å². The van der Waals surface area contributed by atoms with Gasteiger partial charge in [0.1, 0.15) is 6.10 Å². The Bertz CT molecular complexity index is 658. The van der Waals surface area contributed by atoms with E-state index in [-0.39, 0.29) is 6.10 Å². The number of ether oxygens (including phenoxy) is 3. The fourth-order valence-corrected chi connectivity index (χ4v) is 2.23. The molecular formula is C19H23NO4.